The predicted octanol–water partition coefficient (Wildman–Crippen LogP) is 4.55. The van der Waals surface area contributed by atoms with Gasteiger partial charge in [-0.3, -0.25) is 19.8 Å². The number of nitrogens with zero attached hydrogens (tertiary/aromatic N) is 2. The minimum Gasteiger partial charge on any atom is -0.478 e. The summed E-state index contributed by atoms with van der Waals surface area (Å²) in [5.41, 5.74) is 7.55. The average molecular weight is 488 g/mol. The van der Waals surface area contributed by atoms with Gasteiger partial charge in [-0.1, -0.05) is 17.7 Å². The lowest BCUT2D eigenvalue weighted by atomic mass is 10.0. The van der Waals surface area contributed by atoms with Crippen LogP contribution < -0.4 is 10.2 Å². The largest absolute Gasteiger partial charge is 0.478 e. The van der Waals surface area contributed by atoms with Gasteiger partial charge in [-0.25, -0.2) is 4.79 Å². The van der Waals surface area contributed by atoms with Crippen LogP contribution in [0.2, 0.25) is 0 Å². The smallest absolute Gasteiger partial charge is 0.335 e. The first-order valence-corrected chi connectivity index (χ1v) is 11.4. The number of thiocarbonyl (C=S) groups is 1. The van der Waals surface area contributed by atoms with Gasteiger partial charge < -0.3 is 9.67 Å². The fraction of sp³-hybridized carbons (Fsp3) is 0.185. The Labute approximate surface area is 208 Å². The fourth-order valence-electron chi connectivity index (χ4n) is 4.60. The molecule has 1 fully saturated rings. The molecule has 2 aromatic carbocycles. The molecule has 0 bridgehead atoms. The van der Waals surface area contributed by atoms with Gasteiger partial charge >= 0.3 is 5.97 Å². The monoisotopic (exact) mass is 487 g/mol. The van der Waals surface area contributed by atoms with Crippen molar-refractivity contribution in [2.24, 2.45) is 0 Å². The van der Waals surface area contributed by atoms with Gasteiger partial charge in [0.05, 0.1) is 16.9 Å². The molecule has 7 nitrogen and oxygen atoms in total. The van der Waals surface area contributed by atoms with Crippen molar-refractivity contribution in [3.8, 4) is 5.69 Å². The zero-order valence-corrected chi connectivity index (χ0v) is 20.9. The van der Waals surface area contributed by atoms with E-state index in [-0.39, 0.29) is 16.2 Å². The number of aromatic carboxylic acids is 1. The molecule has 3 aromatic rings. The number of carbonyl (C=O) groups excluding carboxylic acids is 2. The number of rotatable bonds is 4. The highest BCUT2D eigenvalue weighted by atomic mass is 32.1. The Hall–Kier alpha value is -4.04. The summed E-state index contributed by atoms with van der Waals surface area (Å²) >= 11 is 5.24. The van der Waals surface area contributed by atoms with E-state index < -0.39 is 17.8 Å². The Morgan fingerprint density at radius 3 is 2.14 bits per heavy atom. The molecule has 0 saturated carbocycles. The minimum absolute atomic E-state index is 0.0569. The fourth-order valence-corrected chi connectivity index (χ4v) is 4.88. The van der Waals surface area contributed by atoms with Crippen molar-refractivity contribution in [2.75, 3.05) is 4.90 Å². The van der Waals surface area contributed by atoms with Gasteiger partial charge in [0, 0.05) is 11.4 Å². The van der Waals surface area contributed by atoms with Gasteiger partial charge in [-0.2, -0.15) is 0 Å². The quantitative estimate of drug-likeness (QED) is 0.320. The second-order valence-corrected chi connectivity index (χ2v) is 9.11. The number of aromatic nitrogens is 1. The van der Waals surface area contributed by atoms with E-state index in [4.69, 9.17) is 17.3 Å². The molecular formula is C27H25N3O4S. The van der Waals surface area contributed by atoms with E-state index in [0.29, 0.717) is 5.69 Å². The van der Waals surface area contributed by atoms with Crippen LogP contribution in [0.5, 0.6) is 0 Å². The molecule has 178 valence electrons. The maximum Gasteiger partial charge on any atom is 0.335 e. The van der Waals surface area contributed by atoms with Crippen LogP contribution >= 0.6 is 12.2 Å². The molecule has 4 rings (SSSR count). The first kappa shape index (κ1) is 24.1. The number of carboxylic acid groups (broad SMARTS) is 1. The highest BCUT2D eigenvalue weighted by Crippen LogP contribution is 2.29. The Bertz CT molecular complexity index is 1420. The molecule has 2 amide bonds. The van der Waals surface area contributed by atoms with Crippen molar-refractivity contribution in [3.63, 3.8) is 0 Å². The normalized spacial score (nSPS) is 15.1. The van der Waals surface area contributed by atoms with Gasteiger partial charge in [-0.15, -0.1) is 0 Å². The highest BCUT2D eigenvalue weighted by molar-refractivity contribution is 7.80. The lowest BCUT2D eigenvalue weighted by Gasteiger charge is -2.29. The number of nitrogens with one attached hydrogen (secondary N) is 1. The minimum atomic E-state index is -1.08. The number of anilines is 1. The molecule has 0 radical (unpaired) electrons. The standard InChI is InChI=1S/C27H25N3O4S/c1-14-10-15(2)23(16(3)11-14)29-17(4)12-20(18(29)5)13-22-24(31)28-27(35)30(25(22)32)21-8-6-19(7-9-21)26(33)34/h6-13H,1-5H3,(H,33,34)(H,28,31,35)/b22-13+. The number of amides is 2. The number of carboxylic acids is 1. The Morgan fingerprint density at radius 1 is 0.971 bits per heavy atom. The number of aryl methyl sites for hydroxylation is 4. The molecule has 2 N–H and O–H groups in total. The number of carbonyl (C=O) groups is 3. The lowest BCUT2D eigenvalue weighted by molar-refractivity contribution is -0.122. The van der Waals surface area contributed by atoms with Crippen molar-refractivity contribution in [2.45, 2.75) is 34.6 Å². The van der Waals surface area contributed by atoms with Crippen LogP contribution in [-0.2, 0) is 9.59 Å². The summed E-state index contributed by atoms with van der Waals surface area (Å²) < 4.78 is 2.13. The molecule has 1 aliphatic rings. The maximum atomic E-state index is 13.4. The molecule has 0 atom stereocenters. The van der Waals surface area contributed by atoms with Crippen LogP contribution in [-0.4, -0.2) is 32.6 Å². The van der Waals surface area contributed by atoms with E-state index in [9.17, 15) is 14.4 Å². The van der Waals surface area contributed by atoms with E-state index in [1.807, 2.05) is 19.9 Å². The van der Waals surface area contributed by atoms with Crippen LogP contribution in [0.3, 0.4) is 0 Å². The molecule has 0 unspecified atom stereocenters. The second-order valence-electron chi connectivity index (χ2n) is 8.72. The Kier molecular flexibility index (Phi) is 6.17. The third kappa shape index (κ3) is 4.28. The molecule has 0 aliphatic carbocycles. The summed E-state index contributed by atoms with van der Waals surface area (Å²) in [6, 6.07) is 11.9. The van der Waals surface area contributed by atoms with Gasteiger partial charge in [0.2, 0.25) is 0 Å². The van der Waals surface area contributed by atoms with Crippen LogP contribution in [0.25, 0.3) is 11.8 Å². The number of benzene rings is 2. The molecule has 2 heterocycles. The Balaban J connectivity index is 1.77. The maximum absolute atomic E-state index is 13.4. The lowest BCUT2D eigenvalue weighted by Crippen LogP contribution is -2.54. The molecule has 1 aliphatic heterocycles. The second kappa shape index (κ2) is 8.96. The topological polar surface area (TPSA) is 91.6 Å². The van der Waals surface area contributed by atoms with E-state index in [1.165, 1.54) is 34.7 Å². The molecular weight excluding hydrogens is 462 g/mol. The third-order valence-electron chi connectivity index (χ3n) is 6.10. The van der Waals surface area contributed by atoms with Crippen LogP contribution in [0.1, 0.15) is 44.0 Å². The van der Waals surface area contributed by atoms with Crippen LogP contribution in [0, 0.1) is 34.6 Å². The average Bonchev–Trinajstić information content (AvgIpc) is 3.04. The summed E-state index contributed by atoms with van der Waals surface area (Å²) in [6.45, 7) is 10.1. The molecule has 0 spiro atoms. The first-order valence-electron chi connectivity index (χ1n) is 11.0. The summed E-state index contributed by atoms with van der Waals surface area (Å²) in [4.78, 5) is 38.5. The number of hydrogen-bond acceptors (Lipinski definition) is 4. The van der Waals surface area contributed by atoms with Crippen molar-refractivity contribution in [3.05, 3.63) is 87.2 Å². The summed E-state index contributed by atoms with van der Waals surface area (Å²) in [5.74, 6) is -2.23. The summed E-state index contributed by atoms with van der Waals surface area (Å²) in [5, 5.41) is 11.6. The van der Waals surface area contributed by atoms with Crippen molar-refractivity contribution in [1.29, 1.82) is 0 Å². The highest BCUT2D eigenvalue weighted by Gasteiger charge is 2.35. The molecule has 1 saturated heterocycles. The van der Waals surface area contributed by atoms with Gasteiger partial charge in [0.25, 0.3) is 11.8 Å². The van der Waals surface area contributed by atoms with Crippen molar-refractivity contribution < 1.29 is 19.5 Å². The SMILES string of the molecule is Cc1cc(C)c(-n2c(C)cc(/C=C3\C(=O)NC(=S)N(c4ccc(C(=O)O)cc4)C3=O)c2C)c(C)c1. The number of hydrogen-bond donors (Lipinski definition) is 2. The van der Waals surface area contributed by atoms with Gasteiger partial charge in [0.15, 0.2) is 5.11 Å². The zero-order chi connectivity index (χ0) is 25.6. The van der Waals surface area contributed by atoms with Crippen molar-refractivity contribution in [1.82, 2.24) is 9.88 Å². The van der Waals surface area contributed by atoms with Gasteiger partial charge in [-0.05, 0) is 99.9 Å². The molecule has 35 heavy (non-hydrogen) atoms. The van der Waals surface area contributed by atoms with Crippen LogP contribution in [0.4, 0.5) is 5.69 Å². The van der Waals surface area contributed by atoms with E-state index in [0.717, 1.165) is 33.8 Å². The summed E-state index contributed by atoms with van der Waals surface area (Å²) in [6.07, 6.45) is 1.58. The third-order valence-corrected chi connectivity index (χ3v) is 6.39. The van der Waals surface area contributed by atoms with Crippen molar-refractivity contribution >= 4 is 46.9 Å². The first-order chi connectivity index (χ1) is 16.5. The zero-order valence-electron chi connectivity index (χ0n) is 20.1. The van der Waals surface area contributed by atoms with E-state index in [2.05, 4.69) is 42.8 Å². The van der Waals surface area contributed by atoms with E-state index >= 15 is 0 Å². The predicted molar refractivity (Wildman–Crippen MR) is 139 cm³/mol. The molecule has 1 aromatic heterocycles. The summed E-state index contributed by atoms with van der Waals surface area (Å²) in [7, 11) is 0. The molecule has 8 heteroatoms. The van der Waals surface area contributed by atoms with Crippen LogP contribution in [0.15, 0.2) is 48.0 Å². The van der Waals surface area contributed by atoms with Gasteiger partial charge in [0.1, 0.15) is 5.57 Å². The Morgan fingerprint density at radius 2 is 1.57 bits per heavy atom. The van der Waals surface area contributed by atoms with E-state index in [1.54, 1.807) is 6.08 Å².